The van der Waals surface area contributed by atoms with E-state index in [1.807, 2.05) is 38.1 Å². The van der Waals surface area contributed by atoms with Crippen LogP contribution in [0.1, 0.15) is 30.8 Å². The third-order valence-electron chi connectivity index (χ3n) is 4.05. The smallest absolute Gasteiger partial charge is 0.271 e. The predicted molar refractivity (Wildman–Crippen MR) is 101 cm³/mol. The fourth-order valence-electron chi connectivity index (χ4n) is 2.80. The standard InChI is InChI=1S/C17H25N7O3/c1-5-11(14(18)25)22-12-7-20-13(15(19)26)16(23-12)21-10-6-9(2)17(27-4)24(3)8-10/h6-8,11,17H,5H2,1-4H3,(H2,18,25)(H2,19,26)(H2,21,22,23)/t11-,17?/m1/s1. The molecule has 0 aromatic carbocycles. The zero-order chi connectivity index (χ0) is 20.1. The van der Waals surface area contributed by atoms with Crippen molar-refractivity contribution >= 4 is 23.5 Å². The van der Waals surface area contributed by atoms with E-state index in [-0.39, 0.29) is 17.7 Å². The van der Waals surface area contributed by atoms with Crippen LogP contribution in [0.2, 0.25) is 0 Å². The molecule has 1 unspecified atom stereocenters. The van der Waals surface area contributed by atoms with Gasteiger partial charge < -0.3 is 31.7 Å². The quantitative estimate of drug-likeness (QED) is 0.509. The van der Waals surface area contributed by atoms with Crippen molar-refractivity contribution < 1.29 is 14.3 Å². The molecule has 146 valence electrons. The minimum Gasteiger partial charge on any atom is -0.368 e. The van der Waals surface area contributed by atoms with Gasteiger partial charge in [-0.05, 0) is 25.0 Å². The highest BCUT2D eigenvalue weighted by Gasteiger charge is 2.21. The van der Waals surface area contributed by atoms with E-state index in [2.05, 4.69) is 20.6 Å². The molecular formula is C17H25N7O3. The molecule has 10 heteroatoms. The predicted octanol–water partition coefficient (Wildman–Crippen LogP) is 0.369. The number of allylic oxidation sites excluding steroid dienone is 1. The molecule has 2 atom stereocenters. The van der Waals surface area contributed by atoms with Crippen molar-refractivity contribution in [1.82, 2.24) is 14.9 Å². The summed E-state index contributed by atoms with van der Waals surface area (Å²) in [6, 6.07) is -0.601. The average molecular weight is 375 g/mol. The van der Waals surface area contributed by atoms with Crippen LogP contribution in [0.3, 0.4) is 0 Å². The van der Waals surface area contributed by atoms with E-state index >= 15 is 0 Å². The Kier molecular flexibility index (Phi) is 6.35. The molecule has 0 aliphatic carbocycles. The van der Waals surface area contributed by atoms with E-state index in [0.717, 1.165) is 5.57 Å². The van der Waals surface area contributed by atoms with Crippen LogP contribution in [0.15, 0.2) is 29.7 Å². The van der Waals surface area contributed by atoms with Crippen molar-refractivity contribution in [1.29, 1.82) is 0 Å². The van der Waals surface area contributed by atoms with Gasteiger partial charge in [0.05, 0.1) is 11.9 Å². The summed E-state index contributed by atoms with van der Waals surface area (Å²) in [6.45, 7) is 3.74. The Bertz CT molecular complexity index is 791. The second-order valence-corrected chi connectivity index (χ2v) is 6.18. The van der Waals surface area contributed by atoms with Gasteiger partial charge in [-0.15, -0.1) is 0 Å². The topological polar surface area (TPSA) is 148 Å². The van der Waals surface area contributed by atoms with E-state index in [4.69, 9.17) is 16.2 Å². The van der Waals surface area contributed by atoms with E-state index in [9.17, 15) is 9.59 Å². The highest BCUT2D eigenvalue weighted by atomic mass is 16.5. The first-order chi connectivity index (χ1) is 12.8. The molecule has 2 rings (SSSR count). The van der Waals surface area contributed by atoms with Crippen molar-refractivity contribution in [3.05, 3.63) is 35.4 Å². The van der Waals surface area contributed by atoms with Gasteiger partial charge in [-0.2, -0.15) is 0 Å². The second-order valence-electron chi connectivity index (χ2n) is 6.18. The Morgan fingerprint density at radius 2 is 2.11 bits per heavy atom. The van der Waals surface area contributed by atoms with Gasteiger partial charge in [-0.25, -0.2) is 9.97 Å². The molecule has 0 bridgehead atoms. The van der Waals surface area contributed by atoms with Crippen LogP contribution < -0.4 is 22.1 Å². The monoisotopic (exact) mass is 375 g/mol. The van der Waals surface area contributed by atoms with Gasteiger partial charge in [0.1, 0.15) is 11.9 Å². The number of likely N-dealkylation sites (N-methyl/N-ethyl adjacent to an activating group) is 1. The maximum atomic E-state index is 11.7. The molecule has 2 amide bonds. The zero-order valence-electron chi connectivity index (χ0n) is 15.8. The molecule has 10 nitrogen and oxygen atoms in total. The molecule has 2 heterocycles. The lowest BCUT2D eigenvalue weighted by atomic mass is 10.1. The first kappa shape index (κ1) is 20.2. The lowest BCUT2D eigenvalue weighted by Gasteiger charge is -2.30. The number of primary amides is 2. The second kappa shape index (κ2) is 8.49. The number of aromatic nitrogens is 2. The SMILES string of the molecule is CC[C@@H](Nc1cnc(C(N)=O)c(NC2=CN(C)C(OC)C(C)=C2)n1)C(N)=O. The van der Waals surface area contributed by atoms with Crippen LogP contribution in [0.25, 0.3) is 0 Å². The number of amides is 2. The number of nitrogens with zero attached hydrogens (tertiary/aromatic N) is 3. The van der Waals surface area contributed by atoms with E-state index in [0.29, 0.717) is 17.9 Å². The van der Waals surface area contributed by atoms with Gasteiger partial charge in [0.15, 0.2) is 17.7 Å². The molecule has 1 aromatic rings. The molecule has 0 fully saturated rings. The summed E-state index contributed by atoms with van der Waals surface area (Å²) in [5.41, 5.74) is 12.4. The van der Waals surface area contributed by atoms with Gasteiger partial charge >= 0.3 is 0 Å². The fraction of sp³-hybridized carbons (Fsp3) is 0.412. The normalized spacial score (nSPS) is 17.6. The van der Waals surface area contributed by atoms with E-state index in [1.54, 1.807) is 7.11 Å². The van der Waals surface area contributed by atoms with Crippen molar-refractivity contribution in [3.63, 3.8) is 0 Å². The van der Waals surface area contributed by atoms with E-state index < -0.39 is 17.9 Å². The fourth-order valence-corrected chi connectivity index (χ4v) is 2.80. The molecule has 0 saturated heterocycles. The largest absolute Gasteiger partial charge is 0.368 e. The molecule has 1 aliphatic heterocycles. The molecule has 27 heavy (non-hydrogen) atoms. The molecule has 6 N–H and O–H groups in total. The summed E-state index contributed by atoms with van der Waals surface area (Å²) in [7, 11) is 3.49. The number of nitrogens with two attached hydrogens (primary N) is 2. The minimum atomic E-state index is -0.723. The maximum Gasteiger partial charge on any atom is 0.271 e. The van der Waals surface area contributed by atoms with Crippen LogP contribution in [-0.2, 0) is 9.53 Å². The van der Waals surface area contributed by atoms with Crippen LogP contribution >= 0.6 is 0 Å². The Labute approximate surface area is 157 Å². The minimum absolute atomic E-state index is 0.0175. The van der Waals surface area contributed by atoms with Gasteiger partial charge in [-0.1, -0.05) is 6.92 Å². The van der Waals surface area contributed by atoms with Crippen LogP contribution in [0.4, 0.5) is 11.6 Å². The third kappa shape index (κ3) is 4.73. The molecule has 0 spiro atoms. The molecule has 1 aromatic heterocycles. The number of methoxy groups -OCH3 is 1. The van der Waals surface area contributed by atoms with Crippen molar-refractivity contribution in [3.8, 4) is 0 Å². The van der Waals surface area contributed by atoms with Crippen molar-refractivity contribution in [2.24, 2.45) is 11.5 Å². The zero-order valence-corrected chi connectivity index (χ0v) is 15.8. The summed E-state index contributed by atoms with van der Waals surface area (Å²) in [5.74, 6) is -0.757. The Balaban J connectivity index is 2.33. The summed E-state index contributed by atoms with van der Waals surface area (Å²) >= 11 is 0. The maximum absolute atomic E-state index is 11.7. The Hall–Kier alpha value is -3.14. The summed E-state index contributed by atoms with van der Waals surface area (Å²) < 4.78 is 5.40. The highest BCUT2D eigenvalue weighted by molar-refractivity contribution is 5.96. The molecular weight excluding hydrogens is 350 g/mol. The number of nitrogens with one attached hydrogen (secondary N) is 2. The number of hydrogen-bond donors (Lipinski definition) is 4. The van der Waals surface area contributed by atoms with E-state index in [1.165, 1.54) is 6.20 Å². The lowest BCUT2D eigenvalue weighted by Crippen LogP contribution is -2.35. The van der Waals surface area contributed by atoms with Crippen LogP contribution in [-0.4, -0.2) is 53.1 Å². The van der Waals surface area contributed by atoms with Crippen LogP contribution in [0.5, 0.6) is 0 Å². The molecule has 0 saturated carbocycles. The third-order valence-corrected chi connectivity index (χ3v) is 4.05. The molecule has 1 aliphatic rings. The first-order valence-electron chi connectivity index (χ1n) is 8.41. The summed E-state index contributed by atoms with van der Waals surface area (Å²) in [6.07, 6.45) is 5.32. The Morgan fingerprint density at radius 3 is 2.63 bits per heavy atom. The average Bonchev–Trinajstić information content (AvgIpc) is 2.59. The van der Waals surface area contributed by atoms with Crippen molar-refractivity contribution in [2.45, 2.75) is 32.5 Å². The number of ether oxygens (including phenoxy) is 1. The van der Waals surface area contributed by atoms with Gasteiger partial charge in [0.2, 0.25) is 5.91 Å². The number of carbonyl (C=O) groups is 2. The van der Waals surface area contributed by atoms with Crippen LogP contribution in [0, 0.1) is 0 Å². The molecule has 0 radical (unpaired) electrons. The number of hydrogen-bond acceptors (Lipinski definition) is 8. The Morgan fingerprint density at radius 1 is 1.41 bits per heavy atom. The van der Waals surface area contributed by atoms with Gasteiger partial charge in [0.25, 0.3) is 5.91 Å². The number of anilines is 2. The van der Waals surface area contributed by atoms with Gasteiger partial charge in [0, 0.05) is 20.4 Å². The number of rotatable bonds is 8. The summed E-state index contributed by atoms with van der Waals surface area (Å²) in [5, 5.41) is 5.95. The highest BCUT2D eigenvalue weighted by Crippen LogP contribution is 2.22. The summed E-state index contributed by atoms with van der Waals surface area (Å²) in [4.78, 5) is 33.4. The number of carbonyl (C=O) groups excluding carboxylic acids is 2. The van der Waals surface area contributed by atoms with Gasteiger partial charge in [-0.3, -0.25) is 9.59 Å². The first-order valence-corrected chi connectivity index (χ1v) is 8.41. The lowest BCUT2D eigenvalue weighted by molar-refractivity contribution is -0.118. The van der Waals surface area contributed by atoms with Crippen molar-refractivity contribution in [2.75, 3.05) is 24.8 Å².